The van der Waals surface area contributed by atoms with E-state index in [0.717, 1.165) is 37.5 Å². The van der Waals surface area contributed by atoms with Crippen molar-refractivity contribution < 1.29 is 9.13 Å². The molecule has 0 unspecified atom stereocenters. The van der Waals surface area contributed by atoms with E-state index in [9.17, 15) is 4.39 Å². The molecule has 5 heteroatoms. The van der Waals surface area contributed by atoms with Gasteiger partial charge < -0.3 is 4.74 Å². The van der Waals surface area contributed by atoms with Gasteiger partial charge in [0.25, 0.3) is 0 Å². The van der Waals surface area contributed by atoms with Gasteiger partial charge in [0.15, 0.2) is 0 Å². The lowest BCUT2D eigenvalue weighted by atomic mass is 9.94. The van der Waals surface area contributed by atoms with Gasteiger partial charge >= 0.3 is 0 Å². The van der Waals surface area contributed by atoms with Crippen molar-refractivity contribution in [3.05, 3.63) is 59.7 Å². The first kappa shape index (κ1) is 17.4. The van der Waals surface area contributed by atoms with Crippen LogP contribution in [0.25, 0.3) is 0 Å². The van der Waals surface area contributed by atoms with Crippen LogP contribution in [0.5, 0.6) is 5.75 Å². The minimum Gasteiger partial charge on any atom is -0.497 e. The average molecular weight is 355 g/mol. The Morgan fingerprint density at radius 3 is 2.73 bits per heavy atom. The number of methoxy groups -OCH3 is 1. The molecule has 0 aliphatic carbocycles. The zero-order chi connectivity index (χ0) is 17.9. The summed E-state index contributed by atoms with van der Waals surface area (Å²) in [7, 11) is 1.63. The minimum atomic E-state index is -0.139. The number of piperidine rings is 1. The average Bonchev–Trinajstić information content (AvgIpc) is 2.95. The Balaban J connectivity index is 1.47. The fourth-order valence-electron chi connectivity index (χ4n) is 4.36. The molecule has 1 aromatic carbocycles. The van der Waals surface area contributed by atoms with Gasteiger partial charge in [0.2, 0.25) is 0 Å². The number of benzene rings is 1. The summed E-state index contributed by atoms with van der Waals surface area (Å²) in [5.41, 5.74) is 2.05. The summed E-state index contributed by atoms with van der Waals surface area (Å²) < 4.78 is 19.5. The number of aromatic nitrogens is 1. The van der Waals surface area contributed by atoms with Crippen molar-refractivity contribution in [2.75, 3.05) is 26.7 Å². The summed E-state index contributed by atoms with van der Waals surface area (Å²) in [6, 6.07) is 9.71. The largest absolute Gasteiger partial charge is 0.497 e. The molecule has 0 spiro atoms. The van der Waals surface area contributed by atoms with Gasteiger partial charge in [-0.05, 0) is 54.7 Å². The Labute approximate surface area is 154 Å². The first-order valence-corrected chi connectivity index (χ1v) is 9.39. The highest BCUT2D eigenvalue weighted by Gasteiger charge is 2.34. The fraction of sp³-hybridized carbons (Fsp3) is 0.476. The highest BCUT2D eigenvalue weighted by Crippen LogP contribution is 2.31. The highest BCUT2D eigenvalue weighted by molar-refractivity contribution is 5.30. The van der Waals surface area contributed by atoms with Crippen LogP contribution in [-0.2, 0) is 13.1 Å². The lowest BCUT2D eigenvalue weighted by Crippen LogP contribution is -2.43. The maximum absolute atomic E-state index is 14.3. The van der Waals surface area contributed by atoms with E-state index in [1.807, 2.05) is 18.5 Å². The Hall–Kier alpha value is -1.98. The molecule has 0 N–H and O–H groups in total. The van der Waals surface area contributed by atoms with Gasteiger partial charge in [-0.25, -0.2) is 4.39 Å². The number of pyridine rings is 1. The number of rotatable bonds is 5. The summed E-state index contributed by atoms with van der Waals surface area (Å²) >= 11 is 0. The molecule has 2 atom stereocenters. The molecule has 0 radical (unpaired) electrons. The third kappa shape index (κ3) is 3.89. The maximum Gasteiger partial charge on any atom is 0.127 e. The molecule has 3 fully saturated rings. The van der Waals surface area contributed by atoms with Crippen LogP contribution >= 0.6 is 0 Å². The SMILES string of the molecule is COc1ccc(F)c(CN2C[C@H]3CC[C@@H]2CN(Cc2ccncc2)C3)c1. The monoisotopic (exact) mass is 355 g/mol. The highest BCUT2D eigenvalue weighted by atomic mass is 19.1. The van der Waals surface area contributed by atoms with E-state index in [0.29, 0.717) is 18.5 Å². The zero-order valence-corrected chi connectivity index (χ0v) is 15.3. The number of nitrogens with zero attached hydrogens (tertiary/aromatic N) is 3. The minimum absolute atomic E-state index is 0.139. The van der Waals surface area contributed by atoms with Crippen molar-refractivity contribution in [1.29, 1.82) is 0 Å². The summed E-state index contributed by atoms with van der Waals surface area (Å²) in [5.74, 6) is 1.24. The van der Waals surface area contributed by atoms with E-state index in [-0.39, 0.29) is 5.82 Å². The molecule has 26 heavy (non-hydrogen) atoms. The molecule has 2 bridgehead atoms. The van der Waals surface area contributed by atoms with Crippen LogP contribution in [0.4, 0.5) is 4.39 Å². The normalized spacial score (nSPS) is 23.8. The summed E-state index contributed by atoms with van der Waals surface area (Å²) in [6.45, 7) is 4.85. The molecular formula is C21H26FN3O. The molecule has 138 valence electrons. The summed E-state index contributed by atoms with van der Waals surface area (Å²) in [4.78, 5) is 9.13. The quantitative estimate of drug-likeness (QED) is 0.823. The van der Waals surface area contributed by atoms with E-state index in [4.69, 9.17) is 4.74 Å². The van der Waals surface area contributed by atoms with Gasteiger partial charge in [-0.3, -0.25) is 14.8 Å². The molecule has 0 amide bonds. The standard InChI is InChI=1S/C21H26FN3O/c1-26-20-4-5-21(22)18(10-20)14-25-13-17-2-3-19(25)15-24(12-17)11-16-6-8-23-9-7-16/h4-10,17,19H,2-3,11-15H2,1H3/t17-,19+/m0/s1. The number of ether oxygens (including phenoxy) is 1. The second-order valence-corrected chi connectivity index (χ2v) is 7.53. The first-order chi connectivity index (χ1) is 12.7. The third-order valence-corrected chi connectivity index (χ3v) is 5.68. The number of halogens is 1. The van der Waals surface area contributed by atoms with E-state index in [1.54, 1.807) is 13.2 Å². The maximum atomic E-state index is 14.3. The molecule has 2 aromatic rings. The van der Waals surface area contributed by atoms with Crippen molar-refractivity contribution in [2.24, 2.45) is 5.92 Å². The van der Waals surface area contributed by atoms with Crippen molar-refractivity contribution in [3.63, 3.8) is 0 Å². The van der Waals surface area contributed by atoms with Crippen LogP contribution in [-0.4, -0.2) is 47.6 Å². The lowest BCUT2D eigenvalue weighted by Gasteiger charge is -2.36. The fourth-order valence-corrected chi connectivity index (χ4v) is 4.36. The van der Waals surface area contributed by atoms with Crippen molar-refractivity contribution >= 4 is 0 Å². The molecule has 0 saturated carbocycles. The van der Waals surface area contributed by atoms with E-state index >= 15 is 0 Å². The lowest BCUT2D eigenvalue weighted by molar-refractivity contribution is 0.121. The third-order valence-electron chi connectivity index (χ3n) is 5.68. The van der Waals surface area contributed by atoms with Crippen molar-refractivity contribution in [2.45, 2.75) is 32.0 Å². The molecule has 4 heterocycles. The van der Waals surface area contributed by atoms with Gasteiger partial charge in [-0.1, -0.05) is 0 Å². The molecule has 3 aliphatic heterocycles. The smallest absolute Gasteiger partial charge is 0.127 e. The van der Waals surface area contributed by atoms with Gasteiger partial charge in [0.1, 0.15) is 11.6 Å². The van der Waals surface area contributed by atoms with Gasteiger partial charge in [-0.2, -0.15) is 0 Å². The van der Waals surface area contributed by atoms with Crippen LogP contribution < -0.4 is 4.74 Å². The van der Waals surface area contributed by atoms with E-state index < -0.39 is 0 Å². The van der Waals surface area contributed by atoms with E-state index in [1.165, 1.54) is 24.5 Å². The van der Waals surface area contributed by atoms with Crippen molar-refractivity contribution in [3.8, 4) is 5.75 Å². The van der Waals surface area contributed by atoms with E-state index in [2.05, 4.69) is 26.9 Å². The molecule has 3 saturated heterocycles. The van der Waals surface area contributed by atoms with Gasteiger partial charge in [0.05, 0.1) is 7.11 Å². The molecule has 1 aromatic heterocycles. The van der Waals surface area contributed by atoms with Crippen LogP contribution in [0.3, 0.4) is 0 Å². The Kier molecular flexibility index (Phi) is 5.18. The molecule has 5 rings (SSSR count). The molecule has 4 nitrogen and oxygen atoms in total. The first-order valence-electron chi connectivity index (χ1n) is 9.39. The second kappa shape index (κ2) is 7.72. The Morgan fingerprint density at radius 1 is 1.08 bits per heavy atom. The van der Waals surface area contributed by atoms with Gasteiger partial charge in [-0.15, -0.1) is 0 Å². The number of hydrogen-bond acceptors (Lipinski definition) is 4. The number of hydrogen-bond donors (Lipinski definition) is 0. The van der Waals surface area contributed by atoms with Crippen LogP contribution in [0.1, 0.15) is 24.0 Å². The Morgan fingerprint density at radius 2 is 1.92 bits per heavy atom. The number of fused-ring (bicyclic) bond motifs is 4. The molecule has 3 aliphatic rings. The molecular weight excluding hydrogens is 329 g/mol. The van der Waals surface area contributed by atoms with Crippen LogP contribution in [0, 0.1) is 11.7 Å². The van der Waals surface area contributed by atoms with Crippen LogP contribution in [0.2, 0.25) is 0 Å². The van der Waals surface area contributed by atoms with Gasteiger partial charge in [0, 0.05) is 56.7 Å². The van der Waals surface area contributed by atoms with Crippen LogP contribution in [0.15, 0.2) is 42.7 Å². The summed E-state index contributed by atoms with van der Waals surface area (Å²) in [6.07, 6.45) is 6.19. The predicted molar refractivity (Wildman–Crippen MR) is 99.4 cm³/mol. The van der Waals surface area contributed by atoms with Crippen molar-refractivity contribution in [1.82, 2.24) is 14.8 Å². The predicted octanol–water partition coefficient (Wildman–Crippen LogP) is 3.33. The topological polar surface area (TPSA) is 28.6 Å². The summed E-state index contributed by atoms with van der Waals surface area (Å²) in [5, 5.41) is 0. The second-order valence-electron chi connectivity index (χ2n) is 7.53. The zero-order valence-electron chi connectivity index (χ0n) is 15.3. The Bertz CT molecular complexity index is 739.